The first-order chi connectivity index (χ1) is 11.8. The van der Waals surface area contributed by atoms with Gasteiger partial charge in [0.2, 0.25) is 0 Å². The van der Waals surface area contributed by atoms with Gasteiger partial charge in [-0.2, -0.15) is 5.26 Å². The molecule has 1 aromatic carbocycles. The minimum absolute atomic E-state index is 0.0670. The van der Waals surface area contributed by atoms with Crippen LogP contribution < -0.4 is 10.2 Å². The molecular weight excluding hydrogens is 300 g/mol. The molecule has 2 heterocycles. The fourth-order valence-electron chi connectivity index (χ4n) is 3.11. The van der Waals surface area contributed by atoms with E-state index in [9.17, 15) is 10.1 Å². The van der Waals surface area contributed by atoms with E-state index < -0.39 is 0 Å². The van der Waals surface area contributed by atoms with Gasteiger partial charge in [-0.05, 0) is 43.5 Å². The van der Waals surface area contributed by atoms with Crippen molar-refractivity contribution in [1.82, 2.24) is 10.3 Å². The minimum Gasteiger partial charge on any atom is -0.351 e. The lowest BCUT2D eigenvalue weighted by Gasteiger charge is -2.37. The van der Waals surface area contributed by atoms with Crippen LogP contribution in [0, 0.1) is 11.3 Å². The summed E-state index contributed by atoms with van der Waals surface area (Å²) in [5.74, 6) is 0.654. The van der Waals surface area contributed by atoms with Gasteiger partial charge in [-0.1, -0.05) is 18.2 Å². The Morgan fingerprint density at radius 3 is 2.88 bits per heavy atom. The molecule has 0 radical (unpaired) electrons. The highest BCUT2D eigenvalue weighted by molar-refractivity contribution is 5.94. The number of anilines is 1. The van der Waals surface area contributed by atoms with Crippen LogP contribution in [-0.4, -0.2) is 30.0 Å². The van der Waals surface area contributed by atoms with E-state index in [4.69, 9.17) is 0 Å². The molecule has 1 saturated heterocycles. The lowest BCUT2D eigenvalue weighted by molar-refractivity contribution is 0.0949. The lowest BCUT2D eigenvalue weighted by Crippen LogP contribution is -2.47. The summed E-state index contributed by atoms with van der Waals surface area (Å²) in [6, 6.07) is 15.2. The van der Waals surface area contributed by atoms with Gasteiger partial charge in [-0.25, -0.2) is 4.98 Å². The summed E-state index contributed by atoms with van der Waals surface area (Å²) in [4.78, 5) is 18.8. The number of hydrogen-bond donors (Lipinski definition) is 1. The van der Waals surface area contributed by atoms with Gasteiger partial charge >= 0.3 is 0 Å². The monoisotopic (exact) mass is 320 g/mol. The fraction of sp³-hybridized carbons (Fsp3) is 0.316. The number of hydrogen-bond acceptors (Lipinski definition) is 4. The Balaban J connectivity index is 1.71. The quantitative estimate of drug-likeness (QED) is 0.940. The van der Waals surface area contributed by atoms with Crippen molar-refractivity contribution in [1.29, 1.82) is 5.26 Å². The third-order valence-electron chi connectivity index (χ3n) is 4.34. The molecule has 1 aromatic heterocycles. The van der Waals surface area contributed by atoms with Crippen LogP contribution in [0.15, 0.2) is 48.7 Å². The maximum absolute atomic E-state index is 12.3. The van der Waals surface area contributed by atoms with Crippen molar-refractivity contribution in [3.63, 3.8) is 0 Å². The standard InChI is InChI=1S/C19H20N4O/c20-13-16-9-6-11-21-18(16)23-12-5-4-10-17(23)14-22-19(24)15-7-2-1-3-8-15/h1-3,6-9,11,17H,4-5,10,12,14H2,(H,22,24)/t17-/m0/s1. The van der Waals surface area contributed by atoms with Gasteiger partial charge in [0.1, 0.15) is 11.9 Å². The topological polar surface area (TPSA) is 69.0 Å². The Kier molecular flexibility index (Phi) is 5.07. The second-order valence-corrected chi connectivity index (χ2v) is 5.91. The SMILES string of the molecule is N#Cc1cccnc1N1CCCC[C@H]1CNC(=O)c1ccccc1. The fourth-order valence-corrected chi connectivity index (χ4v) is 3.11. The molecule has 1 atom stereocenters. The van der Waals surface area contributed by atoms with Crippen LogP contribution in [-0.2, 0) is 0 Å². The number of amides is 1. The molecule has 1 aliphatic rings. The van der Waals surface area contributed by atoms with E-state index in [1.807, 2.05) is 18.2 Å². The summed E-state index contributed by atoms with van der Waals surface area (Å²) in [5, 5.41) is 12.3. The molecule has 3 rings (SSSR count). The Hall–Kier alpha value is -2.87. The molecule has 0 spiro atoms. The highest BCUT2D eigenvalue weighted by atomic mass is 16.1. The van der Waals surface area contributed by atoms with Crippen molar-refractivity contribution in [2.45, 2.75) is 25.3 Å². The molecule has 0 unspecified atom stereocenters. The van der Waals surface area contributed by atoms with E-state index >= 15 is 0 Å². The first-order valence-corrected chi connectivity index (χ1v) is 8.24. The average molecular weight is 320 g/mol. The van der Waals surface area contributed by atoms with Crippen molar-refractivity contribution < 1.29 is 4.79 Å². The van der Waals surface area contributed by atoms with Crippen LogP contribution >= 0.6 is 0 Å². The maximum atomic E-state index is 12.3. The third-order valence-corrected chi connectivity index (χ3v) is 4.34. The molecule has 122 valence electrons. The van der Waals surface area contributed by atoms with Gasteiger partial charge in [0, 0.05) is 30.9 Å². The van der Waals surface area contributed by atoms with Crippen LogP contribution in [0.2, 0.25) is 0 Å². The average Bonchev–Trinajstić information content (AvgIpc) is 2.67. The van der Waals surface area contributed by atoms with Gasteiger partial charge < -0.3 is 10.2 Å². The number of pyridine rings is 1. The predicted octanol–water partition coefficient (Wildman–Crippen LogP) is 2.74. The van der Waals surface area contributed by atoms with Gasteiger partial charge in [-0.3, -0.25) is 4.79 Å². The predicted molar refractivity (Wildman–Crippen MR) is 92.7 cm³/mol. The molecule has 0 bridgehead atoms. The highest BCUT2D eigenvalue weighted by Gasteiger charge is 2.25. The number of benzene rings is 1. The van der Waals surface area contributed by atoms with Crippen LogP contribution in [0.4, 0.5) is 5.82 Å². The van der Waals surface area contributed by atoms with E-state index in [1.54, 1.807) is 30.5 Å². The molecule has 0 saturated carbocycles. The molecule has 1 fully saturated rings. The van der Waals surface area contributed by atoms with E-state index in [0.717, 1.165) is 31.6 Å². The minimum atomic E-state index is -0.0670. The number of rotatable bonds is 4. The number of nitrogens with one attached hydrogen (secondary N) is 1. The van der Waals surface area contributed by atoms with Gasteiger partial charge in [0.15, 0.2) is 0 Å². The first-order valence-electron chi connectivity index (χ1n) is 8.24. The number of piperidine rings is 1. The van der Waals surface area contributed by atoms with Crippen molar-refractivity contribution in [2.24, 2.45) is 0 Å². The number of carbonyl (C=O) groups is 1. The van der Waals surface area contributed by atoms with Crippen LogP contribution in [0.1, 0.15) is 35.2 Å². The molecule has 0 aliphatic carbocycles. The van der Waals surface area contributed by atoms with Gasteiger partial charge in [0.05, 0.1) is 5.56 Å². The van der Waals surface area contributed by atoms with Crippen molar-refractivity contribution >= 4 is 11.7 Å². The highest BCUT2D eigenvalue weighted by Crippen LogP contribution is 2.25. The molecule has 24 heavy (non-hydrogen) atoms. The zero-order valence-electron chi connectivity index (χ0n) is 13.5. The summed E-state index contributed by atoms with van der Waals surface area (Å²) in [6.45, 7) is 1.41. The third kappa shape index (κ3) is 3.54. The first kappa shape index (κ1) is 16.0. The van der Waals surface area contributed by atoms with E-state index in [0.29, 0.717) is 17.7 Å². The molecule has 5 nitrogen and oxygen atoms in total. The molecule has 1 aliphatic heterocycles. The number of carbonyl (C=O) groups excluding carboxylic acids is 1. The Labute approximate surface area is 141 Å². The Morgan fingerprint density at radius 1 is 1.25 bits per heavy atom. The zero-order valence-corrected chi connectivity index (χ0v) is 13.5. The van der Waals surface area contributed by atoms with E-state index in [2.05, 4.69) is 21.3 Å². The van der Waals surface area contributed by atoms with Crippen LogP contribution in [0.3, 0.4) is 0 Å². The lowest BCUT2D eigenvalue weighted by atomic mass is 10.0. The number of aromatic nitrogens is 1. The summed E-state index contributed by atoms with van der Waals surface area (Å²) < 4.78 is 0. The van der Waals surface area contributed by atoms with Crippen molar-refractivity contribution in [3.8, 4) is 6.07 Å². The molecular formula is C19H20N4O. The van der Waals surface area contributed by atoms with E-state index in [-0.39, 0.29) is 11.9 Å². The van der Waals surface area contributed by atoms with Crippen LogP contribution in [0.25, 0.3) is 0 Å². The summed E-state index contributed by atoms with van der Waals surface area (Å²) in [5.41, 5.74) is 1.24. The number of nitriles is 1. The summed E-state index contributed by atoms with van der Waals surface area (Å²) in [7, 11) is 0. The normalized spacial score (nSPS) is 17.1. The largest absolute Gasteiger partial charge is 0.351 e. The Morgan fingerprint density at radius 2 is 2.08 bits per heavy atom. The van der Waals surface area contributed by atoms with Gasteiger partial charge in [-0.15, -0.1) is 0 Å². The van der Waals surface area contributed by atoms with E-state index in [1.165, 1.54) is 0 Å². The zero-order chi connectivity index (χ0) is 16.8. The summed E-state index contributed by atoms with van der Waals surface area (Å²) in [6.07, 6.45) is 4.89. The second-order valence-electron chi connectivity index (χ2n) is 5.91. The van der Waals surface area contributed by atoms with Crippen LogP contribution in [0.5, 0.6) is 0 Å². The molecule has 1 N–H and O–H groups in total. The Bertz CT molecular complexity index is 739. The molecule has 2 aromatic rings. The van der Waals surface area contributed by atoms with Crippen molar-refractivity contribution in [3.05, 3.63) is 59.8 Å². The number of nitrogens with zero attached hydrogens (tertiary/aromatic N) is 3. The smallest absolute Gasteiger partial charge is 0.251 e. The summed E-state index contributed by atoms with van der Waals surface area (Å²) >= 11 is 0. The molecule has 5 heteroatoms. The van der Waals surface area contributed by atoms with Gasteiger partial charge in [0.25, 0.3) is 5.91 Å². The van der Waals surface area contributed by atoms with Crippen molar-refractivity contribution in [2.75, 3.05) is 18.0 Å². The maximum Gasteiger partial charge on any atom is 0.251 e. The second kappa shape index (κ2) is 7.60. The molecule has 1 amide bonds.